The summed E-state index contributed by atoms with van der Waals surface area (Å²) in [5.41, 5.74) is 1.35. The van der Waals surface area contributed by atoms with Gasteiger partial charge in [0.15, 0.2) is 0 Å². The monoisotopic (exact) mass is 271 g/mol. The lowest BCUT2D eigenvalue weighted by molar-refractivity contribution is 0.0699. The van der Waals surface area contributed by atoms with Crippen molar-refractivity contribution in [2.45, 2.75) is 13.0 Å². The van der Waals surface area contributed by atoms with Crippen LogP contribution in [0.25, 0.3) is 10.9 Å². The fraction of sp³-hybridized carbons (Fsp3) is 0.133. The van der Waals surface area contributed by atoms with E-state index >= 15 is 0 Å². The van der Waals surface area contributed by atoms with Gasteiger partial charge < -0.3 is 9.67 Å². The lowest BCUT2D eigenvalue weighted by Crippen LogP contribution is -2.00. The fourth-order valence-electron chi connectivity index (χ4n) is 2.29. The maximum atomic E-state index is 11.2. The average molecular weight is 271 g/mol. The molecule has 3 aromatic rings. The van der Waals surface area contributed by atoms with Crippen molar-refractivity contribution in [3.05, 3.63) is 58.4 Å². The van der Waals surface area contributed by atoms with Crippen molar-refractivity contribution in [1.29, 1.82) is 0 Å². The molecule has 19 heavy (non-hydrogen) atoms. The van der Waals surface area contributed by atoms with Gasteiger partial charge in [-0.2, -0.15) is 0 Å². The highest BCUT2D eigenvalue weighted by Gasteiger charge is 2.10. The van der Waals surface area contributed by atoms with Crippen molar-refractivity contribution < 1.29 is 9.90 Å². The van der Waals surface area contributed by atoms with E-state index < -0.39 is 5.97 Å². The third-order valence-electron chi connectivity index (χ3n) is 3.22. The second-order valence-corrected chi connectivity index (χ2v) is 5.41. The molecule has 0 atom stereocenters. The summed E-state index contributed by atoms with van der Waals surface area (Å²) in [6.45, 7) is 0.868. The van der Waals surface area contributed by atoms with Gasteiger partial charge in [-0.1, -0.05) is 12.1 Å². The van der Waals surface area contributed by atoms with E-state index in [2.05, 4.69) is 22.1 Å². The van der Waals surface area contributed by atoms with E-state index in [9.17, 15) is 4.79 Å². The highest BCUT2D eigenvalue weighted by Crippen LogP contribution is 2.21. The molecule has 0 amide bonds. The van der Waals surface area contributed by atoms with Gasteiger partial charge >= 0.3 is 5.97 Å². The molecule has 0 unspecified atom stereocenters. The van der Waals surface area contributed by atoms with Crippen LogP contribution in [0.4, 0.5) is 0 Å². The highest BCUT2D eigenvalue weighted by molar-refractivity contribution is 7.09. The predicted octanol–water partition coefficient (Wildman–Crippen LogP) is 3.64. The smallest absolute Gasteiger partial charge is 0.336 e. The molecule has 0 radical (unpaired) electrons. The molecule has 0 spiro atoms. The van der Waals surface area contributed by atoms with Gasteiger partial charge in [0.1, 0.15) is 0 Å². The summed E-state index contributed by atoms with van der Waals surface area (Å²) in [5.74, 6) is -0.874. The van der Waals surface area contributed by atoms with E-state index in [1.807, 2.05) is 18.3 Å². The van der Waals surface area contributed by atoms with Crippen LogP contribution in [0.3, 0.4) is 0 Å². The van der Waals surface area contributed by atoms with Crippen molar-refractivity contribution in [2.75, 3.05) is 0 Å². The maximum Gasteiger partial charge on any atom is 0.336 e. The minimum atomic E-state index is -0.874. The van der Waals surface area contributed by atoms with Gasteiger partial charge in [0, 0.05) is 28.5 Å². The van der Waals surface area contributed by atoms with E-state index in [1.54, 1.807) is 23.5 Å². The number of carbonyl (C=O) groups is 1. The lowest BCUT2D eigenvalue weighted by Gasteiger charge is -2.05. The largest absolute Gasteiger partial charge is 0.478 e. The normalized spacial score (nSPS) is 10.9. The molecule has 2 heterocycles. The van der Waals surface area contributed by atoms with Crippen molar-refractivity contribution >= 4 is 28.2 Å². The number of nitrogens with zero attached hydrogens (tertiary/aromatic N) is 1. The molecule has 0 aliphatic heterocycles. The Morgan fingerprint density at radius 3 is 2.84 bits per heavy atom. The van der Waals surface area contributed by atoms with Crippen molar-refractivity contribution in [3.8, 4) is 0 Å². The SMILES string of the molecule is O=C(O)c1cccc2c1ccn2CCc1cccs1. The van der Waals surface area contributed by atoms with Crippen molar-refractivity contribution in [1.82, 2.24) is 4.57 Å². The number of carboxylic acids is 1. The second kappa shape index (κ2) is 4.90. The molecule has 3 nitrogen and oxygen atoms in total. The van der Waals surface area contributed by atoms with Crippen LogP contribution in [0.2, 0.25) is 0 Å². The number of rotatable bonds is 4. The van der Waals surface area contributed by atoms with Crippen LogP contribution in [-0.4, -0.2) is 15.6 Å². The molecule has 0 bridgehead atoms. The topological polar surface area (TPSA) is 42.2 Å². The van der Waals surface area contributed by atoms with Crippen molar-refractivity contribution in [3.63, 3.8) is 0 Å². The molecular weight excluding hydrogens is 258 g/mol. The first-order chi connectivity index (χ1) is 9.25. The Labute approximate surface area is 114 Å². The zero-order valence-electron chi connectivity index (χ0n) is 10.2. The summed E-state index contributed by atoms with van der Waals surface area (Å²) >= 11 is 1.75. The number of aromatic carboxylic acids is 1. The fourth-order valence-corrected chi connectivity index (χ4v) is 2.99. The van der Waals surface area contributed by atoms with E-state index in [1.165, 1.54) is 4.88 Å². The minimum Gasteiger partial charge on any atom is -0.478 e. The number of thiophene rings is 1. The van der Waals surface area contributed by atoms with Gasteiger partial charge in [0.2, 0.25) is 0 Å². The average Bonchev–Trinajstić information content (AvgIpc) is 3.05. The Kier molecular flexibility index (Phi) is 3.09. The van der Waals surface area contributed by atoms with E-state index in [4.69, 9.17) is 5.11 Å². The molecule has 3 rings (SSSR count). The van der Waals surface area contributed by atoms with E-state index in [0.29, 0.717) is 5.56 Å². The van der Waals surface area contributed by atoms with Crippen LogP contribution in [0, 0.1) is 0 Å². The zero-order chi connectivity index (χ0) is 13.2. The molecular formula is C15H13NO2S. The highest BCUT2D eigenvalue weighted by atomic mass is 32.1. The van der Waals surface area contributed by atoms with Gasteiger partial charge in [0.05, 0.1) is 5.56 Å². The lowest BCUT2D eigenvalue weighted by atomic mass is 10.1. The Hall–Kier alpha value is -2.07. The number of hydrogen-bond donors (Lipinski definition) is 1. The molecule has 0 fully saturated rings. The van der Waals surface area contributed by atoms with E-state index in [0.717, 1.165) is 23.9 Å². The third-order valence-corrected chi connectivity index (χ3v) is 4.16. The van der Waals surface area contributed by atoms with Crippen molar-refractivity contribution in [2.24, 2.45) is 0 Å². The number of hydrogen-bond acceptors (Lipinski definition) is 2. The third kappa shape index (κ3) is 2.27. The molecule has 0 aliphatic carbocycles. The minimum absolute atomic E-state index is 0.368. The molecule has 1 N–H and O–H groups in total. The molecule has 0 saturated heterocycles. The number of fused-ring (bicyclic) bond motifs is 1. The van der Waals surface area contributed by atoms with E-state index in [-0.39, 0.29) is 0 Å². The summed E-state index contributed by atoms with van der Waals surface area (Å²) in [7, 11) is 0. The summed E-state index contributed by atoms with van der Waals surface area (Å²) in [5, 5.41) is 12.0. The molecule has 1 aromatic carbocycles. The first-order valence-electron chi connectivity index (χ1n) is 6.09. The Balaban J connectivity index is 1.92. The van der Waals surface area contributed by atoms with Crippen LogP contribution >= 0.6 is 11.3 Å². The standard InChI is InChI=1S/C15H13NO2S/c17-15(18)13-4-1-5-14-12(13)7-9-16(14)8-6-11-3-2-10-19-11/h1-5,7,9-10H,6,8H2,(H,17,18). The number of carboxylic acid groups (broad SMARTS) is 1. The van der Waals surface area contributed by atoms with Crippen LogP contribution in [0.1, 0.15) is 15.2 Å². The van der Waals surface area contributed by atoms with Gasteiger partial charge in [-0.15, -0.1) is 11.3 Å². The summed E-state index contributed by atoms with van der Waals surface area (Å²) in [6, 6.07) is 11.5. The summed E-state index contributed by atoms with van der Waals surface area (Å²) < 4.78 is 2.11. The predicted molar refractivity (Wildman–Crippen MR) is 76.9 cm³/mol. The van der Waals surface area contributed by atoms with Gasteiger partial charge in [-0.25, -0.2) is 4.79 Å². The Morgan fingerprint density at radius 1 is 1.21 bits per heavy atom. The molecule has 0 saturated carbocycles. The van der Waals surface area contributed by atoms with Crippen LogP contribution in [0.15, 0.2) is 48.0 Å². The van der Waals surface area contributed by atoms with Crippen LogP contribution in [-0.2, 0) is 13.0 Å². The molecule has 2 aromatic heterocycles. The first-order valence-corrected chi connectivity index (χ1v) is 6.97. The van der Waals surface area contributed by atoms with Gasteiger partial charge in [0.25, 0.3) is 0 Å². The second-order valence-electron chi connectivity index (χ2n) is 4.38. The molecule has 0 aliphatic rings. The molecule has 96 valence electrons. The number of benzene rings is 1. The molecule has 4 heteroatoms. The maximum absolute atomic E-state index is 11.2. The van der Waals surface area contributed by atoms with Gasteiger partial charge in [-0.3, -0.25) is 0 Å². The quantitative estimate of drug-likeness (QED) is 0.787. The summed E-state index contributed by atoms with van der Waals surface area (Å²) in [4.78, 5) is 12.5. The van der Waals surface area contributed by atoms with Gasteiger partial charge in [-0.05, 0) is 36.1 Å². The first kappa shape index (κ1) is 12.0. The Bertz CT molecular complexity index is 713. The zero-order valence-corrected chi connectivity index (χ0v) is 11.1. The van der Waals surface area contributed by atoms with Crippen LogP contribution < -0.4 is 0 Å². The summed E-state index contributed by atoms with van der Waals surface area (Å²) in [6.07, 6.45) is 2.93. The number of aromatic nitrogens is 1. The number of aryl methyl sites for hydroxylation is 2. The van der Waals surface area contributed by atoms with Crippen LogP contribution in [0.5, 0.6) is 0 Å². The Morgan fingerprint density at radius 2 is 2.11 bits per heavy atom.